The van der Waals surface area contributed by atoms with Gasteiger partial charge in [-0.15, -0.1) is 0 Å². The summed E-state index contributed by atoms with van der Waals surface area (Å²) in [7, 11) is 0. The predicted octanol–water partition coefficient (Wildman–Crippen LogP) is 5.61. The lowest BCUT2D eigenvalue weighted by Gasteiger charge is -2.05. The molecule has 0 radical (unpaired) electrons. The molecule has 0 aliphatic carbocycles. The maximum Gasteiger partial charge on any atom is 0.424 e. The van der Waals surface area contributed by atoms with Gasteiger partial charge < -0.3 is 0 Å². The maximum absolute atomic E-state index is 12.9. The highest BCUT2D eigenvalue weighted by atomic mass is 19.4. The number of alkyl halides is 3. The molecule has 0 unspecified atom stereocenters. The second kappa shape index (κ2) is 8.47. The monoisotopic (exact) mass is 280 g/mol. The van der Waals surface area contributed by atoms with Gasteiger partial charge in [-0.3, -0.25) is 0 Å². The van der Waals surface area contributed by atoms with Gasteiger partial charge in [-0.05, 0) is 18.1 Å². The van der Waals surface area contributed by atoms with Crippen LogP contribution in [0, 0.1) is 11.8 Å². The average Bonchev–Trinajstić information content (AvgIpc) is 2.41. The molecular weight excluding hydrogens is 261 g/mol. The highest BCUT2D eigenvalue weighted by Crippen LogP contribution is 2.26. The first kappa shape index (κ1) is 16.4. The predicted molar refractivity (Wildman–Crippen MR) is 77.0 cm³/mol. The van der Waals surface area contributed by atoms with Crippen molar-refractivity contribution in [2.24, 2.45) is 0 Å². The van der Waals surface area contributed by atoms with Crippen LogP contribution < -0.4 is 0 Å². The third kappa shape index (κ3) is 6.47. The molecular formula is C17H19F3. The van der Waals surface area contributed by atoms with Gasteiger partial charge in [0.05, 0.1) is 0 Å². The fourth-order valence-electron chi connectivity index (χ4n) is 1.70. The van der Waals surface area contributed by atoms with Crippen molar-refractivity contribution < 1.29 is 13.2 Å². The number of hydrogen-bond acceptors (Lipinski definition) is 0. The van der Waals surface area contributed by atoms with E-state index in [0.29, 0.717) is 12.0 Å². The minimum absolute atomic E-state index is 0.514. The van der Waals surface area contributed by atoms with Gasteiger partial charge in [-0.1, -0.05) is 68.4 Å². The molecule has 20 heavy (non-hydrogen) atoms. The van der Waals surface area contributed by atoms with Crippen LogP contribution in [0.4, 0.5) is 13.2 Å². The molecule has 1 aromatic carbocycles. The molecule has 0 aromatic heterocycles. The summed E-state index contributed by atoms with van der Waals surface area (Å²) in [4.78, 5) is 0. The van der Waals surface area contributed by atoms with Crippen LogP contribution in [0.5, 0.6) is 0 Å². The molecule has 1 aromatic rings. The molecule has 0 atom stereocenters. The average molecular weight is 280 g/mol. The first-order valence-electron chi connectivity index (χ1n) is 6.87. The summed E-state index contributed by atoms with van der Waals surface area (Å²) in [6, 6.07) is 8.45. The Labute approximate surface area is 118 Å². The molecule has 3 heteroatoms. The number of halogens is 3. The highest BCUT2D eigenvalue weighted by Gasteiger charge is 2.32. The van der Waals surface area contributed by atoms with E-state index in [1.54, 1.807) is 30.3 Å². The van der Waals surface area contributed by atoms with E-state index in [1.165, 1.54) is 0 Å². The Balaban J connectivity index is 2.72. The molecule has 0 saturated carbocycles. The number of allylic oxidation sites excluding steroid dienone is 1. The summed E-state index contributed by atoms with van der Waals surface area (Å²) in [6.07, 6.45) is 1.31. The molecule has 0 nitrogen and oxygen atoms in total. The second-order valence-electron chi connectivity index (χ2n) is 4.58. The summed E-state index contributed by atoms with van der Waals surface area (Å²) >= 11 is 0. The molecule has 108 valence electrons. The van der Waals surface area contributed by atoms with Crippen LogP contribution in [0.15, 0.2) is 35.9 Å². The first-order valence-corrected chi connectivity index (χ1v) is 6.87. The quantitative estimate of drug-likeness (QED) is 0.486. The van der Waals surface area contributed by atoms with Crippen LogP contribution in [0.3, 0.4) is 0 Å². The zero-order chi connectivity index (χ0) is 14.8. The Morgan fingerprint density at radius 3 is 2.40 bits per heavy atom. The number of unbranched alkanes of at least 4 members (excludes halogenated alkanes) is 4. The van der Waals surface area contributed by atoms with Crippen molar-refractivity contribution in [1.29, 1.82) is 0 Å². The molecule has 0 aliphatic heterocycles. The Morgan fingerprint density at radius 2 is 1.80 bits per heavy atom. The van der Waals surface area contributed by atoms with Crippen LogP contribution in [0.25, 0.3) is 6.08 Å². The van der Waals surface area contributed by atoms with E-state index in [-0.39, 0.29) is 0 Å². The first-order chi connectivity index (χ1) is 9.54. The van der Waals surface area contributed by atoms with Crippen LogP contribution in [-0.2, 0) is 0 Å². The molecule has 0 amide bonds. The van der Waals surface area contributed by atoms with Crippen molar-refractivity contribution in [2.45, 2.75) is 45.2 Å². The smallest absolute Gasteiger partial charge is 0.165 e. The zero-order valence-electron chi connectivity index (χ0n) is 11.6. The van der Waals surface area contributed by atoms with E-state index < -0.39 is 11.7 Å². The summed E-state index contributed by atoms with van der Waals surface area (Å²) < 4.78 is 38.6. The number of rotatable bonds is 5. The fraction of sp³-hybridized carbons (Fsp3) is 0.412. The van der Waals surface area contributed by atoms with Crippen molar-refractivity contribution in [2.75, 3.05) is 0 Å². The van der Waals surface area contributed by atoms with E-state index in [4.69, 9.17) is 0 Å². The van der Waals surface area contributed by atoms with Gasteiger partial charge in [-0.25, -0.2) is 0 Å². The Kier molecular flexibility index (Phi) is 6.93. The lowest BCUT2D eigenvalue weighted by atomic mass is 10.1. The van der Waals surface area contributed by atoms with E-state index in [1.807, 2.05) is 0 Å². The van der Waals surface area contributed by atoms with Crippen molar-refractivity contribution in [3.8, 4) is 11.8 Å². The third-order valence-corrected chi connectivity index (χ3v) is 2.79. The van der Waals surface area contributed by atoms with Gasteiger partial charge in [-0.2, -0.15) is 13.2 Å². The summed E-state index contributed by atoms with van der Waals surface area (Å²) in [6.45, 7) is 2.09. The largest absolute Gasteiger partial charge is 0.424 e. The Bertz CT molecular complexity index is 472. The van der Waals surface area contributed by atoms with Crippen molar-refractivity contribution >= 4 is 6.08 Å². The van der Waals surface area contributed by atoms with Crippen molar-refractivity contribution in [3.63, 3.8) is 0 Å². The minimum atomic E-state index is -4.40. The van der Waals surface area contributed by atoms with E-state index >= 15 is 0 Å². The van der Waals surface area contributed by atoms with Crippen LogP contribution in [0.2, 0.25) is 0 Å². The molecule has 0 spiro atoms. The number of benzene rings is 1. The standard InChI is InChI=1S/C17H19F3/c1-2-3-4-5-6-10-13-16(17(18,19)20)14-15-11-8-7-9-12-15/h7-9,11-12,14H,2-6H2,1H3/b16-14-. The van der Waals surface area contributed by atoms with Gasteiger partial charge in [0.25, 0.3) is 0 Å². The van der Waals surface area contributed by atoms with E-state index in [2.05, 4.69) is 18.8 Å². The summed E-state index contributed by atoms with van der Waals surface area (Å²) in [5, 5.41) is 0. The topological polar surface area (TPSA) is 0 Å². The fourth-order valence-corrected chi connectivity index (χ4v) is 1.70. The molecule has 0 N–H and O–H groups in total. The molecule has 1 rings (SSSR count). The van der Waals surface area contributed by atoms with Gasteiger partial charge in [0, 0.05) is 6.42 Å². The maximum atomic E-state index is 12.9. The molecule has 0 heterocycles. The summed E-state index contributed by atoms with van der Waals surface area (Å²) in [5.41, 5.74) is -0.265. The van der Waals surface area contributed by atoms with Gasteiger partial charge in [0.15, 0.2) is 0 Å². The van der Waals surface area contributed by atoms with Crippen molar-refractivity contribution in [1.82, 2.24) is 0 Å². The molecule has 0 aliphatic rings. The minimum Gasteiger partial charge on any atom is -0.165 e. The van der Waals surface area contributed by atoms with Crippen LogP contribution in [-0.4, -0.2) is 6.18 Å². The zero-order valence-corrected chi connectivity index (χ0v) is 11.6. The van der Waals surface area contributed by atoms with E-state index in [0.717, 1.165) is 31.8 Å². The second-order valence-corrected chi connectivity index (χ2v) is 4.58. The third-order valence-electron chi connectivity index (χ3n) is 2.79. The number of hydrogen-bond donors (Lipinski definition) is 0. The van der Waals surface area contributed by atoms with Crippen molar-refractivity contribution in [3.05, 3.63) is 41.5 Å². The molecule has 0 bridgehead atoms. The molecule has 0 fully saturated rings. The van der Waals surface area contributed by atoms with Gasteiger partial charge in [0.1, 0.15) is 5.57 Å². The van der Waals surface area contributed by atoms with Gasteiger partial charge in [0.2, 0.25) is 0 Å². The molecule has 0 saturated heterocycles. The lowest BCUT2D eigenvalue weighted by molar-refractivity contribution is -0.0863. The SMILES string of the molecule is CCCCCCC#C/C(=C/c1ccccc1)C(F)(F)F. The Hall–Kier alpha value is -1.69. The van der Waals surface area contributed by atoms with Gasteiger partial charge >= 0.3 is 6.18 Å². The normalized spacial score (nSPS) is 11.9. The Morgan fingerprint density at radius 1 is 1.10 bits per heavy atom. The van der Waals surface area contributed by atoms with Crippen LogP contribution in [0.1, 0.15) is 44.6 Å². The highest BCUT2D eigenvalue weighted by molar-refractivity contribution is 5.59. The summed E-state index contributed by atoms with van der Waals surface area (Å²) in [5.74, 6) is 4.90. The lowest BCUT2D eigenvalue weighted by Crippen LogP contribution is -2.10. The van der Waals surface area contributed by atoms with Crippen LogP contribution >= 0.6 is 0 Å². The van der Waals surface area contributed by atoms with E-state index in [9.17, 15) is 13.2 Å².